The van der Waals surface area contributed by atoms with Crippen LogP contribution in [-0.4, -0.2) is 25.1 Å². The summed E-state index contributed by atoms with van der Waals surface area (Å²) in [5.74, 6) is -1.61. The molecule has 0 aliphatic heterocycles. The number of nitrogens with one attached hydrogen (secondary N) is 1. The maximum Gasteiger partial charge on any atom is 0.316 e. The quantitative estimate of drug-likeness (QED) is 0.742. The Labute approximate surface area is 147 Å². The van der Waals surface area contributed by atoms with Gasteiger partial charge in [0, 0.05) is 5.02 Å². The number of sulfone groups is 1. The van der Waals surface area contributed by atoms with Crippen LogP contribution in [0.1, 0.15) is 0 Å². The number of fused-ring (bicyclic) bond motifs is 1. The fourth-order valence-corrected chi connectivity index (χ4v) is 3.33. The van der Waals surface area contributed by atoms with Gasteiger partial charge in [-0.1, -0.05) is 35.3 Å². The Morgan fingerprint density at radius 2 is 1.92 bits per heavy atom. The number of nitrogens with zero attached hydrogens (tertiary/aromatic N) is 1. The number of benzene rings is 2. The Kier molecular flexibility index (Phi) is 4.49. The molecular formula is C15H10Cl2N2O4S. The zero-order valence-corrected chi connectivity index (χ0v) is 14.3. The average Bonchev–Trinajstić information content (AvgIpc) is 2.95. The van der Waals surface area contributed by atoms with E-state index in [4.69, 9.17) is 27.6 Å². The number of hydrogen-bond donors (Lipinski definition) is 1. The monoisotopic (exact) mass is 384 g/mol. The minimum absolute atomic E-state index is 0.224. The van der Waals surface area contributed by atoms with Crippen molar-refractivity contribution in [1.29, 1.82) is 0 Å². The lowest BCUT2D eigenvalue weighted by Gasteiger charge is -2.07. The number of oxazole rings is 1. The summed E-state index contributed by atoms with van der Waals surface area (Å²) in [7, 11) is -4.03. The molecule has 9 heteroatoms. The van der Waals surface area contributed by atoms with Crippen molar-refractivity contribution in [3.8, 4) is 0 Å². The molecule has 0 aliphatic carbocycles. The van der Waals surface area contributed by atoms with Crippen LogP contribution < -0.4 is 5.32 Å². The van der Waals surface area contributed by atoms with Crippen molar-refractivity contribution >= 4 is 55.7 Å². The third-order valence-electron chi connectivity index (χ3n) is 3.06. The molecule has 0 saturated heterocycles. The highest BCUT2D eigenvalue weighted by Gasteiger charge is 2.25. The number of anilines is 1. The standard InChI is InChI=1S/C15H10Cl2N2O4S/c16-9-5-6-10(17)12(7-9)18-14(20)8-24(21,22)15-19-11-3-1-2-4-13(11)23-15/h1-7H,8H2,(H,18,20). The Morgan fingerprint density at radius 1 is 1.17 bits per heavy atom. The van der Waals surface area contributed by atoms with Crippen molar-refractivity contribution in [3.63, 3.8) is 0 Å². The van der Waals surface area contributed by atoms with Gasteiger partial charge in [0.15, 0.2) is 5.58 Å². The molecule has 0 fully saturated rings. The van der Waals surface area contributed by atoms with Crippen LogP contribution in [0.5, 0.6) is 0 Å². The second-order valence-corrected chi connectivity index (χ2v) is 7.59. The molecule has 124 valence electrons. The van der Waals surface area contributed by atoms with Crippen LogP contribution in [0.3, 0.4) is 0 Å². The lowest BCUT2D eigenvalue weighted by Crippen LogP contribution is -2.23. The van der Waals surface area contributed by atoms with E-state index in [2.05, 4.69) is 10.3 Å². The van der Waals surface area contributed by atoms with Crippen LogP contribution in [0.25, 0.3) is 11.1 Å². The molecule has 0 unspecified atom stereocenters. The van der Waals surface area contributed by atoms with Crippen molar-refractivity contribution in [3.05, 3.63) is 52.5 Å². The summed E-state index contributed by atoms with van der Waals surface area (Å²) in [4.78, 5) is 15.9. The zero-order valence-electron chi connectivity index (χ0n) is 12.0. The van der Waals surface area contributed by atoms with Gasteiger partial charge >= 0.3 is 5.22 Å². The number of aromatic nitrogens is 1. The number of carbonyl (C=O) groups is 1. The zero-order chi connectivity index (χ0) is 17.3. The molecule has 0 saturated carbocycles. The second kappa shape index (κ2) is 6.43. The molecule has 1 amide bonds. The summed E-state index contributed by atoms with van der Waals surface area (Å²) < 4.78 is 29.8. The van der Waals surface area contributed by atoms with E-state index < -0.39 is 26.7 Å². The molecule has 0 bridgehead atoms. The van der Waals surface area contributed by atoms with E-state index in [1.54, 1.807) is 30.3 Å². The number of para-hydroxylation sites is 2. The number of halogens is 2. The first kappa shape index (κ1) is 16.8. The van der Waals surface area contributed by atoms with E-state index >= 15 is 0 Å². The lowest BCUT2D eigenvalue weighted by atomic mass is 10.3. The second-order valence-electron chi connectivity index (χ2n) is 4.88. The molecule has 0 spiro atoms. The smallest absolute Gasteiger partial charge is 0.316 e. The Bertz CT molecular complexity index is 998. The summed E-state index contributed by atoms with van der Waals surface area (Å²) >= 11 is 11.7. The molecule has 2 aromatic carbocycles. The van der Waals surface area contributed by atoms with E-state index in [0.717, 1.165) is 0 Å². The Hall–Kier alpha value is -2.09. The largest absolute Gasteiger partial charge is 0.428 e. The summed E-state index contributed by atoms with van der Waals surface area (Å²) in [5.41, 5.74) is 0.950. The molecule has 0 aliphatic rings. The van der Waals surface area contributed by atoms with E-state index in [9.17, 15) is 13.2 Å². The van der Waals surface area contributed by atoms with E-state index in [1.165, 1.54) is 12.1 Å². The Balaban J connectivity index is 1.81. The maximum absolute atomic E-state index is 12.3. The van der Waals surface area contributed by atoms with Gasteiger partial charge in [0.2, 0.25) is 15.7 Å². The van der Waals surface area contributed by atoms with Crippen molar-refractivity contribution < 1.29 is 17.6 Å². The topological polar surface area (TPSA) is 89.3 Å². The van der Waals surface area contributed by atoms with Crippen LogP contribution in [0.2, 0.25) is 10.0 Å². The van der Waals surface area contributed by atoms with Gasteiger partial charge < -0.3 is 9.73 Å². The highest BCUT2D eigenvalue weighted by molar-refractivity contribution is 7.91. The van der Waals surface area contributed by atoms with Crippen LogP contribution >= 0.6 is 23.2 Å². The van der Waals surface area contributed by atoms with Gasteiger partial charge in [0.1, 0.15) is 11.3 Å². The van der Waals surface area contributed by atoms with Gasteiger partial charge in [-0.25, -0.2) is 8.42 Å². The van der Waals surface area contributed by atoms with Gasteiger partial charge in [-0.15, -0.1) is 0 Å². The van der Waals surface area contributed by atoms with Gasteiger partial charge in [0.05, 0.1) is 10.7 Å². The van der Waals surface area contributed by atoms with Gasteiger partial charge in [0.25, 0.3) is 0 Å². The van der Waals surface area contributed by atoms with E-state index in [0.29, 0.717) is 16.1 Å². The highest BCUT2D eigenvalue weighted by Crippen LogP contribution is 2.26. The van der Waals surface area contributed by atoms with Crippen molar-refractivity contribution in [2.24, 2.45) is 0 Å². The van der Waals surface area contributed by atoms with Crippen molar-refractivity contribution in [2.45, 2.75) is 5.22 Å². The van der Waals surface area contributed by atoms with E-state index in [1.807, 2.05) is 0 Å². The van der Waals surface area contributed by atoms with Crippen LogP contribution in [0.15, 0.2) is 52.1 Å². The number of amides is 1. The first-order chi connectivity index (χ1) is 11.3. The van der Waals surface area contributed by atoms with E-state index in [-0.39, 0.29) is 10.7 Å². The first-order valence-corrected chi connectivity index (χ1v) is 9.09. The molecule has 1 N–H and O–H groups in total. The molecule has 0 radical (unpaired) electrons. The number of rotatable bonds is 4. The van der Waals surface area contributed by atoms with Crippen LogP contribution in [0, 0.1) is 0 Å². The molecular weight excluding hydrogens is 375 g/mol. The Morgan fingerprint density at radius 3 is 2.67 bits per heavy atom. The average molecular weight is 385 g/mol. The fourth-order valence-electron chi connectivity index (χ4n) is 2.00. The highest BCUT2D eigenvalue weighted by atomic mass is 35.5. The number of hydrogen-bond acceptors (Lipinski definition) is 5. The fraction of sp³-hybridized carbons (Fsp3) is 0.0667. The lowest BCUT2D eigenvalue weighted by molar-refractivity contribution is -0.113. The molecule has 1 aromatic heterocycles. The van der Waals surface area contributed by atoms with Crippen molar-refractivity contribution in [2.75, 3.05) is 11.1 Å². The molecule has 3 aromatic rings. The predicted octanol–water partition coefficient (Wildman–Crippen LogP) is 3.55. The maximum atomic E-state index is 12.3. The molecule has 24 heavy (non-hydrogen) atoms. The molecule has 3 rings (SSSR count). The van der Waals surface area contributed by atoms with Gasteiger partial charge in [-0.2, -0.15) is 4.98 Å². The summed E-state index contributed by atoms with van der Waals surface area (Å²) in [6, 6.07) is 11.1. The summed E-state index contributed by atoms with van der Waals surface area (Å²) in [5, 5.41) is 2.50. The van der Waals surface area contributed by atoms with Crippen molar-refractivity contribution in [1.82, 2.24) is 4.98 Å². The van der Waals surface area contributed by atoms with Gasteiger partial charge in [-0.3, -0.25) is 4.79 Å². The first-order valence-electron chi connectivity index (χ1n) is 6.68. The number of carbonyl (C=O) groups excluding carboxylic acids is 1. The summed E-state index contributed by atoms with van der Waals surface area (Å²) in [6.07, 6.45) is 0. The minimum atomic E-state index is -4.03. The molecule has 0 atom stereocenters. The summed E-state index contributed by atoms with van der Waals surface area (Å²) in [6.45, 7) is 0. The normalized spacial score (nSPS) is 11.6. The minimum Gasteiger partial charge on any atom is -0.428 e. The molecule has 1 heterocycles. The van der Waals surface area contributed by atoms with Crippen LogP contribution in [-0.2, 0) is 14.6 Å². The van der Waals surface area contributed by atoms with Gasteiger partial charge in [-0.05, 0) is 30.3 Å². The third-order valence-corrected chi connectivity index (χ3v) is 4.98. The predicted molar refractivity (Wildman–Crippen MR) is 91.2 cm³/mol. The molecule has 6 nitrogen and oxygen atoms in total. The SMILES string of the molecule is O=C(CS(=O)(=O)c1nc2ccccc2o1)Nc1cc(Cl)ccc1Cl. The van der Waals surface area contributed by atoms with Crippen LogP contribution in [0.4, 0.5) is 5.69 Å². The third kappa shape index (κ3) is 3.53.